The SMILES string of the molecule is CC[C@]1(c2ccc(Cl)cc2)NC(=O)N(Cc2c(F)c(F)c(F)c(F)c2F)C1=O. The van der Waals surface area contributed by atoms with Crippen molar-refractivity contribution < 1.29 is 31.5 Å². The Morgan fingerprint density at radius 1 is 0.929 bits per heavy atom. The molecule has 0 spiro atoms. The zero-order valence-corrected chi connectivity index (χ0v) is 15.0. The monoisotopic (exact) mass is 418 g/mol. The van der Waals surface area contributed by atoms with Gasteiger partial charge in [-0.05, 0) is 24.1 Å². The van der Waals surface area contributed by atoms with Crippen LogP contribution in [0.3, 0.4) is 0 Å². The standard InChI is InChI=1S/C18H12ClF5N2O2/c1-2-18(8-3-5-9(19)6-4-8)16(27)26(17(28)25-18)7-10-11(20)13(22)15(24)14(23)12(10)21/h3-6H,2,7H2,1H3,(H,25,28)/t18-/m1/s1. The van der Waals surface area contributed by atoms with Crippen LogP contribution >= 0.6 is 11.6 Å². The fourth-order valence-corrected chi connectivity index (χ4v) is 3.22. The molecule has 3 rings (SSSR count). The molecule has 10 heteroatoms. The summed E-state index contributed by atoms with van der Waals surface area (Å²) in [5, 5.41) is 2.82. The van der Waals surface area contributed by atoms with Gasteiger partial charge in [0.15, 0.2) is 23.3 Å². The fraction of sp³-hybridized carbons (Fsp3) is 0.222. The molecule has 0 bridgehead atoms. The number of nitrogens with one attached hydrogen (secondary N) is 1. The predicted molar refractivity (Wildman–Crippen MR) is 88.7 cm³/mol. The second kappa shape index (κ2) is 7.05. The molecule has 2 aromatic carbocycles. The van der Waals surface area contributed by atoms with Crippen LogP contribution in [0.4, 0.5) is 26.7 Å². The molecular formula is C18H12ClF5N2O2. The summed E-state index contributed by atoms with van der Waals surface area (Å²) in [6.45, 7) is 0.473. The van der Waals surface area contributed by atoms with E-state index in [-0.39, 0.29) is 6.42 Å². The Balaban J connectivity index is 2.03. The van der Waals surface area contributed by atoms with E-state index in [0.29, 0.717) is 15.5 Å². The topological polar surface area (TPSA) is 49.4 Å². The lowest BCUT2D eigenvalue weighted by Gasteiger charge is -2.26. The molecule has 1 atom stereocenters. The van der Waals surface area contributed by atoms with Crippen molar-refractivity contribution >= 4 is 23.5 Å². The van der Waals surface area contributed by atoms with Crippen molar-refractivity contribution in [2.75, 3.05) is 0 Å². The van der Waals surface area contributed by atoms with Crippen LogP contribution in [0.25, 0.3) is 0 Å². The first-order chi connectivity index (χ1) is 13.1. The number of nitrogens with zero attached hydrogens (tertiary/aromatic N) is 1. The number of imide groups is 1. The zero-order chi connectivity index (χ0) is 20.8. The molecule has 0 unspecified atom stereocenters. The highest BCUT2D eigenvalue weighted by Gasteiger charge is 2.51. The Morgan fingerprint density at radius 3 is 1.93 bits per heavy atom. The molecular weight excluding hydrogens is 407 g/mol. The first-order valence-electron chi connectivity index (χ1n) is 8.04. The van der Waals surface area contributed by atoms with Crippen molar-refractivity contribution in [3.8, 4) is 0 Å². The minimum atomic E-state index is -2.32. The average molecular weight is 419 g/mol. The molecule has 1 aliphatic heterocycles. The van der Waals surface area contributed by atoms with E-state index in [1.807, 2.05) is 0 Å². The lowest BCUT2D eigenvalue weighted by Crippen LogP contribution is -2.43. The largest absolute Gasteiger partial charge is 0.325 e. The van der Waals surface area contributed by atoms with E-state index in [1.54, 1.807) is 6.92 Å². The summed E-state index contributed by atoms with van der Waals surface area (Å²) >= 11 is 5.82. The van der Waals surface area contributed by atoms with Crippen molar-refractivity contribution in [1.82, 2.24) is 10.2 Å². The van der Waals surface area contributed by atoms with Gasteiger partial charge in [0.2, 0.25) is 5.82 Å². The van der Waals surface area contributed by atoms with Gasteiger partial charge in [-0.3, -0.25) is 9.69 Å². The molecule has 1 aliphatic rings. The van der Waals surface area contributed by atoms with Crippen molar-refractivity contribution in [3.63, 3.8) is 0 Å². The van der Waals surface area contributed by atoms with Crippen molar-refractivity contribution in [2.45, 2.75) is 25.4 Å². The van der Waals surface area contributed by atoms with Gasteiger partial charge in [-0.1, -0.05) is 30.7 Å². The Bertz CT molecular complexity index is 954. The third-order valence-electron chi connectivity index (χ3n) is 4.66. The van der Waals surface area contributed by atoms with Gasteiger partial charge in [-0.15, -0.1) is 0 Å². The Kier molecular flexibility index (Phi) is 5.05. The molecule has 3 amide bonds. The van der Waals surface area contributed by atoms with Crippen molar-refractivity contribution in [3.05, 3.63) is 69.5 Å². The molecule has 28 heavy (non-hydrogen) atoms. The second-order valence-electron chi connectivity index (χ2n) is 6.14. The lowest BCUT2D eigenvalue weighted by molar-refractivity contribution is -0.132. The van der Waals surface area contributed by atoms with Crippen LogP contribution in [-0.4, -0.2) is 16.8 Å². The third kappa shape index (κ3) is 2.90. The highest BCUT2D eigenvalue weighted by Crippen LogP contribution is 2.35. The summed E-state index contributed by atoms with van der Waals surface area (Å²) in [4.78, 5) is 25.7. The molecule has 148 valence electrons. The third-order valence-corrected chi connectivity index (χ3v) is 4.91. The smallest absolute Gasteiger partial charge is 0.319 e. The molecule has 0 radical (unpaired) electrons. The number of halogens is 6. The van der Waals surface area contributed by atoms with Crippen LogP contribution in [0.15, 0.2) is 24.3 Å². The molecule has 1 fully saturated rings. The summed E-state index contributed by atoms with van der Waals surface area (Å²) in [5.41, 5.74) is -2.47. The maximum absolute atomic E-state index is 13.9. The molecule has 2 aromatic rings. The molecule has 4 nitrogen and oxygen atoms in total. The molecule has 1 N–H and O–H groups in total. The fourth-order valence-electron chi connectivity index (χ4n) is 3.09. The Morgan fingerprint density at radius 2 is 1.43 bits per heavy atom. The van der Waals surface area contributed by atoms with Crippen LogP contribution in [0.5, 0.6) is 0 Å². The second-order valence-corrected chi connectivity index (χ2v) is 6.57. The van der Waals surface area contributed by atoms with Crippen molar-refractivity contribution in [1.29, 1.82) is 0 Å². The summed E-state index contributed by atoms with van der Waals surface area (Å²) in [5.74, 6) is -11.7. The number of hydrogen-bond acceptors (Lipinski definition) is 2. The number of amides is 3. The summed E-state index contributed by atoms with van der Waals surface area (Å²) in [7, 11) is 0. The van der Waals surface area contributed by atoms with Crippen LogP contribution in [0, 0.1) is 29.1 Å². The van der Waals surface area contributed by atoms with E-state index >= 15 is 0 Å². The molecule has 0 aromatic heterocycles. The van der Waals surface area contributed by atoms with Crippen LogP contribution < -0.4 is 5.32 Å². The molecule has 1 saturated heterocycles. The highest BCUT2D eigenvalue weighted by molar-refractivity contribution is 6.30. The molecule has 0 saturated carbocycles. The lowest BCUT2D eigenvalue weighted by atomic mass is 9.87. The first-order valence-corrected chi connectivity index (χ1v) is 8.42. The van der Waals surface area contributed by atoms with Crippen LogP contribution in [0.1, 0.15) is 24.5 Å². The van der Waals surface area contributed by atoms with Crippen LogP contribution in [-0.2, 0) is 16.9 Å². The average Bonchev–Trinajstić information content (AvgIpc) is 2.93. The number of rotatable bonds is 4. The van der Waals surface area contributed by atoms with E-state index < -0.39 is 58.7 Å². The van der Waals surface area contributed by atoms with Crippen molar-refractivity contribution in [2.24, 2.45) is 0 Å². The number of carbonyl (C=O) groups excluding carboxylic acids is 2. The minimum Gasteiger partial charge on any atom is -0.319 e. The summed E-state index contributed by atoms with van der Waals surface area (Å²) in [6.07, 6.45) is 0.0762. The molecule has 1 heterocycles. The van der Waals surface area contributed by atoms with Gasteiger partial charge in [-0.2, -0.15) is 0 Å². The minimum absolute atomic E-state index is 0.0762. The number of benzene rings is 2. The van der Waals surface area contributed by atoms with Gasteiger partial charge in [0.25, 0.3) is 5.91 Å². The Hall–Kier alpha value is -2.68. The van der Waals surface area contributed by atoms with E-state index in [2.05, 4.69) is 5.32 Å². The van der Waals surface area contributed by atoms with E-state index in [9.17, 15) is 31.5 Å². The van der Waals surface area contributed by atoms with Gasteiger partial charge in [0.1, 0.15) is 5.54 Å². The number of carbonyl (C=O) groups is 2. The maximum atomic E-state index is 13.9. The Labute approximate surface area is 160 Å². The van der Waals surface area contributed by atoms with Gasteiger partial charge in [-0.25, -0.2) is 26.7 Å². The summed E-state index contributed by atoms with van der Waals surface area (Å²) in [6, 6.07) is 4.93. The highest BCUT2D eigenvalue weighted by atomic mass is 35.5. The quantitative estimate of drug-likeness (QED) is 0.346. The van der Waals surface area contributed by atoms with Gasteiger partial charge in [0, 0.05) is 10.6 Å². The number of hydrogen-bond donors (Lipinski definition) is 1. The van der Waals surface area contributed by atoms with Gasteiger partial charge in [0.05, 0.1) is 6.54 Å². The molecule has 0 aliphatic carbocycles. The number of urea groups is 1. The van der Waals surface area contributed by atoms with E-state index in [1.165, 1.54) is 24.3 Å². The predicted octanol–water partition coefficient (Wildman–Crippen LogP) is 4.39. The van der Waals surface area contributed by atoms with Crippen LogP contribution in [0.2, 0.25) is 5.02 Å². The zero-order valence-electron chi connectivity index (χ0n) is 14.3. The summed E-state index contributed by atoms with van der Waals surface area (Å²) < 4.78 is 67.9. The maximum Gasteiger partial charge on any atom is 0.325 e. The normalized spacial score (nSPS) is 19.3. The first kappa shape index (κ1) is 20.1. The van der Waals surface area contributed by atoms with E-state index in [0.717, 1.165) is 0 Å². The van der Waals surface area contributed by atoms with Gasteiger partial charge < -0.3 is 5.32 Å². The van der Waals surface area contributed by atoms with E-state index in [4.69, 9.17) is 11.6 Å². The van der Waals surface area contributed by atoms with Gasteiger partial charge >= 0.3 is 6.03 Å².